The average molecular weight is 246 g/mol. The van der Waals surface area contributed by atoms with Gasteiger partial charge < -0.3 is 10.4 Å². The number of aliphatic hydroxyl groups is 1. The quantitative estimate of drug-likeness (QED) is 0.784. The van der Waals surface area contributed by atoms with Gasteiger partial charge in [0.15, 0.2) is 0 Å². The van der Waals surface area contributed by atoms with Gasteiger partial charge >= 0.3 is 6.18 Å². The molecule has 0 radical (unpaired) electrons. The summed E-state index contributed by atoms with van der Waals surface area (Å²) in [6.45, 7) is 3.37. The Kier molecular flexibility index (Phi) is 4.51. The van der Waals surface area contributed by atoms with Gasteiger partial charge in [-0.15, -0.1) is 6.58 Å². The zero-order chi connectivity index (χ0) is 12.9. The number of aromatic nitrogens is 1. The second-order valence-corrected chi connectivity index (χ2v) is 3.48. The summed E-state index contributed by atoms with van der Waals surface area (Å²) in [6.07, 6.45) is -1.52. The van der Waals surface area contributed by atoms with Crippen LogP contribution < -0.4 is 5.32 Å². The fourth-order valence-corrected chi connectivity index (χ4v) is 1.24. The lowest BCUT2D eigenvalue weighted by molar-refractivity contribution is -0.137. The summed E-state index contributed by atoms with van der Waals surface area (Å²) < 4.78 is 36.8. The first-order valence-electron chi connectivity index (χ1n) is 4.99. The Morgan fingerprint density at radius 1 is 1.47 bits per heavy atom. The third-order valence-corrected chi connectivity index (χ3v) is 2.11. The number of anilines is 1. The Hall–Kier alpha value is -1.56. The van der Waals surface area contributed by atoms with Crippen LogP contribution in [0.25, 0.3) is 0 Å². The third-order valence-electron chi connectivity index (χ3n) is 2.11. The fourth-order valence-electron chi connectivity index (χ4n) is 1.24. The molecule has 2 N–H and O–H groups in total. The Bertz CT molecular complexity index is 362. The van der Waals surface area contributed by atoms with Crippen LogP contribution in [0.4, 0.5) is 19.0 Å². The van der Waals surface area contributed by atoms with Crippen molar-refractivity contribution in [3.8, 4) is 0 Å². The second-order valence-electron chi connectivity index (χ2n) is 3.48. The molecular formula is C11H13F3N2O. The molecule has 94 valence electrons. The lowest BCUT2D eigenvalue weighted by atomic mass is 10.2. The predicted octanol–water partition coefficient (Wildman–Crippen LogP) is 2.45. The van der Waals surface area contributed by atoms with Crippen molar-refractivity contribution in [1.29, 1.82) is 0 Å². The van der Waals surface area contributed by atoms with Crippen molar-refractivity contribution < 1.29 is 18.3 Å². The minimum atomic E-state index is -4.39. The number of nitrogens with zero attached hydrogens (tertiary/aromatic N) is 1. The van der Waals surface area contributed by atoms with Gasteiger partial charge in [0.2, 0.25) is 0 Å². The van der Waals surface area contributed by atoms with Gasteiger partial charge in [-0.1, -0.05) is 6.08 Å². The molecule has 0 saturated heterocycles. The first kappa shape index (κ1) is 13.5. The lowest BCUT2D eigenvalue weighted by Gasteiger charge is -2.15. The second kappa shape index (κ2) is 5.67. The molecule has 0 saturated carbocycles. The van der Waals surface area contributed by atoms with Gasteiger partial charge in [-0.25, -0.2) is 4.98 Å². The van der Waals surface area contributed by atoms with Crippen molar-refractivity contribution in [3.05, 3.63) is 36.5 Å². The van der Waals surface area contributed by atoms with Gasteiger partial charge in [0.05, 0.1) is 18.2 Å². The Labute approximate surface area is 97.0 Å². The number of halogens is 3. The first-order valence-corrected chi connectivity index (χ1v) is 4.99. The molecule has 1 aromatic heterocycles. The highest BCUT2D eigenvalue weighted by Gasteiger charge is 2.30. The maximum Gasteiger partial charge on any atom is 0.417 e. The molecule has 0 aromatic carbocycles. The molecule has 0 fully saturated rings. The highest BCUT2D eigenvalue weighted by atomic mass is 19.4. The van der Waals surface area contributed by atoms with E-state index >= 15 is 0 Å². The smallest absolute Gasteiger partial charge is 0.394 e. The molecule has 1 aromatic rings. The standard InChI is InChI=1S/C11H13F3N2O/c1-2-3-9(7-17)16-10-5-4-8(6-15-10)11(12,13)14/h2,4-6,9,17H,1,3,7H2,(H,15,16)/t9-/m1/s1. The number of alkyl halides is 3. The molecule has 0 amide bonds. The van der Waals surface area contributed by atoms with Crippen LogP contribution in [0.15, 0.2) is 31.0 Å². The van der Waals surface area contributed by atoms with E-state index in [0.717, 1.165) is 12.3 Å². The summed E-state index contributed by atoms with van der Waals surface area (Å²) in [5.41, 5.74) is -0.799. The Morgan fingerprint density at radius 3 is 2.59 bits per heavy atom. The summed E-state index contributed by atoms with van der Waals surface area (Å²) in [5, 5.41) is 11.8. The van der Waals surface area contributed by atoms with Crippen LogP contribution in [-0.4, -0.2) is 22.7 Å². The molecule has 0 bridgehead atoms. The molecule has 0 aliphatic heterocycles. The van der Waals surface area contributed by atoms with Crippen LogP contribution in [0.3, 0.4) is 0 Å². The highest BCUT2D eigenvalue weighted by Crippen LogP contribution is 2.28. The molecular weight excluding hydrogens is 233 g/mol. The van der Waals surface area contributed by atoms with E-state index in [9.17, 15) is 13.2 Å². The summed E-state index contributed by atoms with van der Waals surface area (Å²) >= 11 is 0. The summed E-state index contributed by atoms with van der Waals surface area (Å²) in [6, 6.07) is 1.88. The van der Waals surface area contributed by atoms with E-state index < -0.39 is 11.7 Å². The maximum absolute atomic E-state index is 12.3. The van der Waals surface area contributed by atoms with Crippen molar-refractivity contribution in [2.45, 2.75) is 18.6 Å². The van der Waals surface area contributed by atoms with Crippen LogP contribution in [0, 0.1) is 0 Å². The minimum absolute atomic E-state index is 0.144. The van der Waals surface area contributed by atoms with Gasteiger partial charge in [-0.2, -0.15) is 13.2 Å². The number of hydrogen-bond donors (Lipinski definition) is 2. The molecule has 6 heteroatoms. The van der Waals surface area contributed by atoms with Crippen LogP contribution in [-0.2, 0) is 6.18 Å². The molecule has 3 nitrogen and oxygen atoms in total. The van der Waals surface area contributed by atoms with E-state index in [1.165, 1.54) is 6.07 Å². The monoisotopic (exact) mass is 246 g/mol. The third kappa shape index (κ3) is 4.07. The molecule has 1 heterocycles. The lowest BCUT2D eigenvalue weighted by Crippen LogP contribution is -2.23. The van der Waals surface area contributed by atoms with Crippen molar-refractivity contribution in [2.75, 3.05) is 11.9 Å². The summed E-state index contributed by atoms with van der Waals surface area (Å²) in [7, 11) is 0. The van der Waals surface area contributed by atoms with E-state index in [1.54, 1.807) is 6.08 Å². The summed E-state index contributed by atoms with van der Waals surface area (Å²) in [4.78, 5) is 3.64. The van der Waals surface area contributed by atoms with Crippen molar-refractivity contribution in [3.63, 3.8) is 0 Å². The van der Waals surface area contributed by atoms with Crippen LogP contribution in [0.2, 0.25) is 0 Å². The molecule has 1 atom stereocenters. The van der Waals surface area contributed by atoms with Gasteiger partial charge in [0.25, 0.3) is 0 Å². The van der Waals surface area contributed by atoms with Crippen LogP contribution in [0.1, 0.15) is 12.0 Å². The zero-order valence-corrected chi connectivity index (χ0v) is 9.04. The maximum atomic E-state index is 12.3. The normalized spacial score (nSPS) is 13.2. The molecule has 0 unspecified atom stereocenters. The topological polar surface area (TPSA) is 45.1 Å². The van der Waals surface area contributed by atoms with Crippen molar-refractivity contribution >= 4 is 5.82 Å². The number of hydrogen-bond acceptors (Lipinski definition) is 3. The number of aliphatic hydroxyl groups excluding tert-OH is 1. The number of nitrogens with one attached hydrogen (secondary N) is 1. The van der Waals surface area contributed by atoms with E-state index in [2.05, 4.69) is 16.9 Å². The zero-order valence-electron chi connectivity index (χ0n) is 9.04. The average Bonchev–Trinajstić information content (AvgIpc) is 2.28. The summed E-state index contributed by atoms with van der Waals surface area (Å²) in [5.74, 6) is 0.291. The van der Waals surface area contributed by atoms with Crippen LogP contribution >= 0.6 is 0 Å². The van der Waals surface area contributed by atoms with Crippen molar-refractivity contribution in [1.82, 2.24) is 4.98 Å². The van der Waals surface area contributed by atoms with Crippen LogP contribution in [0.5, 0.6) is 0 Å². The molecule has 1 rings (SSSR count). The Morgan fingerprint density at radius 2 is 2.18 bits per heavy atom. The van der Waals surface area contributed by atoms with E-state index in [1.807, 2.05) is 0 Å². The fraction of sp³-hybridized carbons (Fsp3) is 0.364. The largest absolute Gasteiger partial charge is 0.417 e. The van der Waals surface area contributed by atoms with Gasteiger partial charge in [-0.05, 0) is 18.6 Å². The molecule has 0 aliphatic carbocycles. The van der Waals surface area contributed by atoms with Gasteiger partial charge in [0, 0.05) is 6.20 Å². The van der Waals surface area contributed by atoms with Gasteiger partial charge in [-0.3, -0.25) is 0 Å². The molecule has 17 heavy (non-hydrogen) atoms. The van der Waals surface area contributed by atoms with Crippen molar-refractivity contribution in [2.24, 2.45) is 0 Å². The SMILES string of the molecule is C=CC[C@H](CO)Nc1ccc(C(F)(F)F)cn1. The van der Waals surface area contributed by atoms with E-state index in [4.69, 9.17) is 5.11 Å². The molecule has 0 aliphatic rings. The first-order chi connectivity index (χ1) is 7.97. The molecule has 0 spiro atoms. The number of rotatable bonds is 5. The highest BCUT2D eigenvalue weighted by molar-refractivity contribution is 5.37. The van der Waals surface area contributed by atoms with Gasteiger partial charge in [0.1, 0.15) is 5.82 Å². The number of pyridine rings is 1. The minimum Gasteiger partial charge on any atom is -0.394 e. The van der Waals surface area contributed by atoms with E-state index in [-0.39, 0.29) is 12.6 Å². The Balaban J connectivity index is 2.71. The van der Waals surface area contributed by atoms with E-state index in [0.29, 0.717) is 12.2 Å². The predicted molar refractivity (Wildman–Crippen MR) is 58.5 cm³/mol.